The molecule has 4 rings (SSSR count). The average Bonchev–Trinajstić information content (AvgIpc) is 2.73. The maximum absolute atomic E-state index is 5.60. The van der Waals surface area contributed by atoms with E-state index in [-0.39, 0.29) is 0 Å². The van der Waals surface area contributed by atoms with Crippen LogP contribution in [0.1, 0.15) is 18.1 Å². The van der Waals surface area contributed by atoms with Crippen LogP contribution in [0.25, 0.3) is 22.2 Å². The second-order valence-electron chi connectivity index (χ2n) is 6.67. The first-order chi connectivity index (χ1) is 13.3. The van der Waals surface area contributed by atoms with Crippen molar-refractivity contribution in [3.8, 4) is 17.0 Å². The van der Waals surface area contributed by atoms with Crippen molar-refractivity contribution < 1.29 is 4.74 Å². The molecule has 0 aliphatic rings. The predicted molar refractivity (Wildman–Crippen MR) is 112 cm³/mol. The van der Waals surface area contributed by atoms with E-state index in [0.717, 1.165) is 40.8 Å². The minimum absolute atomic E-state index is 0.662. The highest BCUT2D eigenvalue weighted by molar-refractivity contribution is 5.82. The van der Waals surface area contributed by atoms with Gasteiger partial charge in [-0.05, 0) is 49.1 Å². The number of hydrogen-bond acceptors (Lipinski definition) is 2. The van der Waals surface area contributed by atoms with Crippen molar-refractivity contribution >= 4 is 10.9 Å². The van der Waals surface area contributed by atoms with Gasteiger partial charge in [-0.15, -0.1) is 0 Å². The first-order valence-electron chi connectivity index (χ1n) is 9.48. The quantitative estimate of drug-likeness (QED) is 0.419. The second-order valence-corrected chi connectivity index (χ2v) is 6.67. The zero-order valence-electron chi connectivity index (χ0n) is 15.6. The van der Waals surface area contributed by atoms with Gasteiger partial charge in [-0.3, -0.25) is 0 Å². The highest BCUT2D eigenvalue weighted by Gasteiger charge is 2.04. The molecule has 0 aliphatic heterocycles. The number of benzene rings is 3. The summed E-state index contributed by atoms with van der Waals surface area (Å²) in [5, 5.41) is 1.13. The van der Waals surface area contributed by atoms with Crippen molar-refractivity contribution in [3.05, 3.63) is 96.1 Å². The van der Waals surface area contributed by atoms with E-state index in [9.17, 15) is 0 Å². The number of nitrogens with zero attached hydrogens (tertiary/aromatic N) is 1. The minimum atomic E-state index is 0.662. The van der Waals surface area contributed by atoms with Gasteiger partial charge >= 0.3 is 0 Å². The third-order valence-electron chi connectivity index (χ3n) is 4.77. The fourth-order valence-corrected chi connectivity index (χ4v) is 3.29. The second kappa shape index (κ2) is 8.05. The molecule has 27 heavy (non-hydrogen) atoms. The number of fused-ring (bicyclic) bond motifs is 1. The van der Waals surface area contributed by atoms with Crippen LogP contribution in [-0.4, -0.2) is 11.6 Å². The highest BCUT2D eigenvalue weighted by atomic mass is 16.5. The van der Waals surface area contributed by atoms with Gasteiger partial charge in [0.15, 0.2) is 0 Å². The molecule has 2 heteroatoms. The van der Waals surface area contributed by atoms with Crippen LogP contribution >= 0.6 is 0 Å². The summed E-state index contributed by atoms with van der Waals surface area (Å²) < 4.78 is 5.60. The summed E-state index contributed by atoms with van der Waals surface area (Å²) >= 11 is 0. The molecule has 4 aromatic rings. The van der Waals surface area contributed by atoms with Crippen LogP contribution in [0, 0.1) is 0 Å². The standard InChI is InChI=1S/C25H23NO/c1-2-27-23-16-14-22-15-17-24(26-25(22)18-23)21-12-10-20(11-13-21)9-8-19-6-4-3-5-7-19/h3-7,10-18H,2,8-9H2,1H3. The van der Waals surface area contributed by atoms with Gasteiger partial charge in [0.05, 0.1) is 17.8 Å². The van der Waals surface area contributed by atoms with Crippen molar-refractivity contribution in [3.63, 3.8) is 0 Å². The summed E-state index contributed by atoms with van der Waals surface area (Å²) in [5.41, 5.74) is 5.82. The van der Waals surface area contributed by atoms with E-state index in [0.29, 0.717) is 6.61 Å². The van der Waals surface area contributed by atoms with Crippen molar-refractivity contribution in [1.82, 2.24) is 4.98 Å². The first kappa shape index (κ1) is 17.3. The van der Waals surface area contributed by atoms with Crippen molar-refractivity contribution in [2.24, 2.45) is 0 Å². The Morgan fingerprint density at radius 2 is 1.44 bits per heavy atom. The highest BCUT2D eigenvalue weighted by Crippen LogP contribution is 2.24. The van der Waals surface area contributed by atoms with Crippen molar-refractivity contribution in [2.45, 2.75) is 19.8 Å². The fourth-order valence-electron chi connectivity index (χ4n) is 3.29. The molecule has 0 fully saturated rings. The molecule has 0 spiro atoms. The third kappa shape index (κ3) is 4.17. The molecule has 0 amide bonds. The van der Waals surface area contributed by atoms with Gasteiger partial charge in [0.25, 0.3) is 0 Å². The van der Waals surface area contributed by atoms with E-state index in [1.54, 1.807) is 0 Å². The molecular weight excluding hydrogens is 330 g/mol. The van der Waals surface area contributed by atoms with Gasteiger partial charge in [-0.1, -0.05) is 60.7 Å². The molecule has 134 valence electrons. The number of aromatic nitrogens is 1. The van der Waals surface area contributed by atoms with Gasteiger partial charge in [0, 0.05) is 17.0 Å². The van der Waals surface area contributed by atoms with Crippen molar-refractivity contribution in [1.29, 1.82) is 0 Å². The molecule has 1 heterocycles. The summed E-state index contributed by atoms with van der Waals surface area (Å²) in [4.78, 5) is 4.83. The maximum Gasteiger partial charge on any atom is 0.121 e. The molecule has 0 atom stereocenters. The van der Waals surface area contributed by atoms with E-state index in [4.69, 9.17) is 9.72 Å². The van der Waals surface area contributed by atoms with Crippen LogP contribution in [-0.2, 0) is 12.8 Å². The minimum Gasteiger partial charge on any atom is -0.494 e. The zero-order valence-corrected chi connectivity index (χ0v) is 15.6. The number of hydrogen-bond donors (Lipinski definition) is 0. The van der Waals surface area contributed by atoms with E-state index in [1.165, 1.54) is 11.1 Å². The Bertz CT molecular complexity index is 1020. The lowest BCUT2D eigenvalue weighted by atomic mass is 10.0. The van der Waals surface area contributed by atoms with Crippen molar-refractivity contribution in [2.75, 3.05) is 6.61 Å². The Morgan fingerprint density at radius 3 is 2.19 bits per heavy atom. The molecule has 0 N–H and O–H groups in total. The summed E-state index contributed by atoms with van der Waals surface area (Å²) in [7, 11) is 0. The molecule has 1 aromatic heterocycles. The molecule has 3 aromatic carbocycles. The summed E-state index contributed by atoms with van der Waals surface area (Å²) in [6.45, 7) is 2.66. The average molecular weight is 353 g/mol. The van der Waals surface area contributed by atoms with Gasteiger partial charge in [0.2, 0.25) is 0 Å². The van der Waals surface area contributed by atoms with E-state index in [2.05, 4.69) is 72.8 Å². The molecule has 0 bridgehead atoms. The molecule has 0 radical (unpaired) electrons. The Kier molecular flexibility index (Phi) is 5.15. The normalized spacial score (nSPS) is 10.9. The molecule has 0 unspecified atom stereocenters. The molecule has 2 nitrogen and oxygen atoms in total. The van der Waals surface area contributed by atoms with E-state index < -0.39 is 0 Å². The van der Waals surface area contributed by atoms with Crippen LogP contribution in [0.3, 0.4) is 0 Å². The lowest BCUT2D eigenvalue weighted by Crippen LogP contribution is -1.93. The third-order valence-corrected chi connectivity index (χ3v) is 4.77. The smallest absolute Gasteiger partial charge is 0.121 e. The van der Waals surface area contributed by atoms with Gasteiger partial charge < -0.3 is 4.74 Å². The van der Waals surface area contributed by atoms with Crippen LogP contribution < -0.4 is 4.74 Å². The summed E-state index contributed by atoms with van der Waals surface area (Å²) in [5.74, 6) is 0.867. The Morgan fingerprint density at radius 1 is 0.741 bits per heavy atom. The van der Waals surface area contributed by atoms with Crippen LogP contribution in [0.15, 0.2) is 84.9 Å². The lowest BCUT2D eigenvalue weighted by molar-refractivity contribution is 0.340. The Hall–Kier alpha value is -3.13. The predicted octanol–water partition coefficient (Wildman–Crippen LogP) is 6.09. The maximum atomic E-state index is 5.60. The van der Waals surface area contributed by atoms with Gasteiger partial charge in [-0.25, -0.2) is 4.98 Å². The lowest BCUT2D eigenvalue weighted by Gasteiger charge is -2.07. The largest absolute Gasteiger partial charge is 0.494 e. The molecule has 0 saturated heterocycles. The zero-order chi connectivity index (χ0) is 18.5. The molecule has 0 saturated carbocycles. The number of pyridine rings is 1. The van der Waals surface area contributed by atoms with Gasteiger partial charge in [-0.2, -0.15) is 0 Å². The van der Waals surface area contributed by atoms with Crippen LogP contribution in [0.2, 0.25) is 0 Å². The molecular formula is C25H23NO. The summed E-state index contributed by atoms with van der Waals surface area (Å²) in [6.07, 6.45) is 2.11. The SMILES string of the molecule is CCOc1ccc2ccc(-c3ccc(CCc4ccccc4)cc3)nc2c1. The Labute approximate surface area is 160 Å². The van der Waals surface area contributed by atoms with E-state index >= 15 is 0 Å². The van der Waals surface area contributed by atoms with Crippen LogP contribution in [0.4, 0.5) is 0 Å². The number of aryl methyl sites for hydroxylation is 2. The van der Waals surface area contributed by atoms with E-state index in [1.807, 2.05) is 19.1 Å². The summed E-state index contributed by atoms with van der Waals surface area (Å²) in [6, 6.07) is 29.7. The fraction of sp³-hybridized carbons (Fsp3) is 0.160. The molecule has 0 aliphatic carbocycles. The number of rotatable bonds is 6. The number of ether oxygens (including phenoxy) is 1. The van der Waals surface area contributed by atoms with Gasteiger partial charge in [0.1, 0.15) is 5.75 Å². The topological polar surface area (TPSA) is 22.1 Å². The Balaban J connectivity index is 1.52. The monoisotopic (exact) mass is 353 g/mol. The first-order valence-corrected chi connectivity index (χ1v) is 9.48. The van der Waals surface area contributed by atoms with Crippen LogP contribution in [0.5, 0.6) is 5.75 Å².